The number of hydrogen-bond donors (Lipinski definition) is 0. The normalized spacial score (nSPS) is 11.7. The highest BCUT2D eigenvalue weighted by Crippen LogP contribution is 2.28. The lowest BCUT2D eigenvalue weighted by atomic mass is 10.1. The second kappa shape index (κ2) is 5.03. The largest absolute Gasteiger partial charge is 0.419 e. The number of rotatable bonds is 3. The predicted octanol–water partition coefficient (Wildman–Crippen LogP) is 3.06. The maximum absolute atomic E-state index is 13.3. The number of ketones is 1. The molecule has 20 heavy (non-hydrogen) atoms. The summed E-state index contributed by atoms with van der Waals surface area (Å²) in [5, 5.41) is 3.34. The van der Waals surface area contributed by atoms with Crippen molar-refractivity contribution in [2.24, 2.45) is 0 Å². The summed E-state index contributed by atoms with van der Waals surface area (Å²) in [6.07, 6.45) is -3.47. The Morgan fingerprint density at radius 3 is 2.30 bits per heavy atom. The molecule has 0 aliphatic heterocycles. The molecular formula is C12H7F5N2O. The lowest BCUT2D eigenvalue weighted by molar-refractivity contribution is -0.137. The van der Waals surface area contributed by atoms with Gasteiger partial charge in [-0.15, -0.1) is 0 Å². The van der Waals surface area contributed by atoms with Crippen molar-refractivity contribution in [2.45, 2.75) is 12.7 Å². The Hall–Kier alpha value is -2.25. The minimum Gasteiger partial charge on any atom is -0.292 e. The quantitative estimate of drug-likeness (QED) is 0.643. The minimum absolute atomic E-state index is 0.533. The summed E-state index contributed by atoms with van der Waals surface area (Å²) < 4.78 is 64.3. The molecule has 0 spiro atoms. The number of aromatic nitrogens is 2. The first-order valence-electron chi connectivity index (χ1n) is 5.36. The molecule has 0 unspecified atom stereocenters. The van der Waals surface area contributed by atoms with Gasteiger partial charge in [0.1, 0.15) is 18.2 Å². The number of nitrogens with zero attached hydrogens (tertiary/aromatic N) is 2. The van der Waals surface area contributed by atoms with E-state index < -0.39 is 41.3 Å². The molecule has 106 valence electrons. The van der Waals surface area contributed by atoms with Crippen molar-refractivity contribution in [3.8, 4) is 0 Å². The number of halogens is 5. The van der Waals surface area contributed by atoms with E-state index in [2.05, 4.69) is 5.10 Å². The van der Waals surface area contributed by atoms with Crippen molar-refractivity contribution in [1.82, 2.24) is 9.78 Å². The zero-order valence-corrected chi connectivity index (χ0v) is 9.79. The zero-order valence-electron chi connectivity index (χ0n) is 9.79. The highest BCUT2D eigenvalue weighted by molar-refractivity contribution is 5.96. The standard InChI is InChI=1S/C12H7F5N2O/c13-8-2-1-3-9(14)11(8)10(20)6-19-5-7(4-18-19)12(15,16)17/h1-5H,6H2. The number of benzene rings is 1. The van der Waals surface area contributed by atoms with Crippen LogP contribution >= 0.6 is 0 Å². The van der Waals surface area contributed by atoms with Crippen molar-refractivity contribution in [1.29, 1.82) is 0 Å². The van der Waals surface area contributed by atoms with Crippen molar-refractivity contribution in [3.05, 3.63) is 53.4 Å². The summed E-state index contributed by atoms with van der Waals surface area (Å²) in [5.74, 6) is -3.14. The second-order valence-electron chi connectivity index (χ2n) is 3.94. The van der Waals surface area contributed by atoms with Gasteiger partial charge in [-0.3, -0.25) is 9.48 Å². The van der Waals surface area contributed by atoms with Gasteiger partial charge in [0.2, 0.25) is 0 Å². The van der Waals surface area contributed by atoms with Crippen LogP contribution in [0, 0.1) is 11.6 Å². The fraction of sp³-hybridized carbons (Fsp3) is 0.167. The Morgan fingerprint density at radius 2 is 1.80 bits per heavy atom. The van der Waals surface area contributed by atoms with Crippen LogP contribution in [0.25, 0.3) is 0 Å². The Bertz CT molecular complexity index is 627. The average Bonchev–Trinajstić information content (AvgIpc) is 2.76. The van der Waals surface area contributed by atoms with E-state index in [9.17, 15) is 26.7 Å². The maximum Gasteiger partial charge on any atom is 0.419 e. The van der Waals surface area contributed by atoms with Gasteiger partial charge in [-0.05, 0) is 12.1 Å². The topological polar surface area (TPSA) is 34.9 Å². The third kappa shape index (κ3) is 2.84. The molecule has 2 rings (SSSR count). The van der Waals surface area contributed by atoms with Gasteiger partial charge < -0.3 is 0 Å². The molecule has 1 aromatic carbocycles. The molecule has 0 amide bonds. The number of hydrogen-bond acceptors (Lipinski definition) is 2. The van der Waals surface area contributed by atoms with Crippen molar-refractivity contribution < 1.29 is 26.7 Å². The monoisotopic (exact) mass is 290 g/mol. The average molecular weight is 290 g/mol. The summed E-state index contributed by atoms with van der Waals surface area (Å²) in [6, 6.07) is 2.86. The summed E-state index contributed by atoms with van der Waals surface area (Å²) >= 11 is 0. The van der Waals surface area contributed by atoms with Gasteiger partial charge in [-0.2, -0.15) is 18.3 Å². The molecule has 2 aromatic rings. The highest BCUT2D eigenvalue weighted by atomic mass is 19.4. The smallest absolute Gasteiger partial charge is 0.292 e. The van der Waals surface area contributed by atoms with Crippen LogP contribution in [-0.4, -0.2) is 15.6 Å². The molecule has 8 heteroatoms. The van der Waals surface area contributed by atoms with Crippen LogP contribution in [0.2, 0.25) is 0 Å². The number of alkyl halides is 3. The molecule has 0 fully saturated rings. The van der Waals surface area contributed by atoms with Crippen LogP contribution in [0.4, 0.5) is 22.0 Å². The van der Waals surface area contributed by atoms with Crippen molar-refractivity contribution >= 4 is 5.78 Å². The summed E-state index contributed by atoms with van der Waals surface area (Å²) in [7, 11) is 0. The minimum atomic E-state index is -4.59. The Kier molecular flexibility index (Phi) is 3.56. The fourth-order valence-electron chi connectivity index (χ4n) is 1.59. The second-order valence-corrected chi connectivity index (χ2v) is 3.94. The Morgan fingerprint density at radius 1 is 1.20 bits per heavy atom. The summed E-state index contributed by atoms with van der Waals surface area (Å²) in [6.45, 7) is -0.687. The van der Waals surface area contributed by atoms with Crippen LogP contribution in [0.5, 0.6) is 0 Å². The predicted molar refractivity (Wildman–Crippen MR) is 57.9 cm³/mol. The zero-order chi connectivity index (χ0) is 14.9. The van der Waals surface area contributed by atoms with Gasteiger partial charge in [-0.1, -0.05) is 6.07 Å². The highest BCUT2D eigenvalue weighted by Gasteiger charge is 2.32. The third-order valence-electron chi connectivity index (χ3n) is 2.51. The van der Waals surface area contributed by atoms with Gasteiger partial charge >= 0.3 is 6.18 Å². The van der Waals surface area contributed by atoms with E-state index in [0.29, 0.717) is 17.1 Å². The molecule has 0 saturated heterocycles. The first-order valence-corrected chi connectivity index (χ1v) is 5.36. The van der Waals surface area contributed by atoms with Gasteiger partial charge in [0.25, 0.3) is 0 Å². The molecule has 0 saturated carbocycles. The summed E-state index contributed by atoms with van der Waals surface area (Å²) in [5.41, 5.74) is -1.84. The van der Waals surface area contributed by atoms with E-state index in [1.165, 1.54) is 0 Å². The Balaban J connectivity index is 2.22. The van der Waals surface area contributed by atoms with Crippen LogP contribution in [0.1, 0.15) is 15.9 Å². The van der Waals surface area contributed by atoms with Crippen molar-refractivity contribution in [2.75, 3.05) is 0 Å². The number of carbonyl (C=O) groups excluding carboxylic acids is 1. The molecule has 0 bridgehead atoms. The molecule has 0 N–H and O–H groups in total. The van der Waals surface area contributed by atoms with Gasteiger partial charge in [0.05, 0.1) is 17.3 Å². The van der Waals surface area contributed by atoms with E-state index in [1.54, 1.807) is 0 Å². The first-order chi connectivity index (χ1) is 9.29. The first kappa shape index (κ1) is 14.2. The molecule has 0 aliphatic carbocycles. The molecule has 1 aromatic heterocycles. The van der Waals surface area contributed by atoms with Crippen molar-refractivity contribution in [3.63, 3.8) is 0 Å². The summed E-state index contributed by atoms with van der Waals surface area (Å²) in [4.78, 5) is 11.7. The van der Waals surface area contributed by atoms with E-state index in [4.69, 9.17) is 0 Å². The number of carbonyl (C=O) groups is 1. The van der Waals surface area contributed by atoms with Gasteiger partial charge in [-0.25, -0.2) is 8.78 Å². The maximum atomic E-state index is 13.3. The molecule has 3 nitrogen and oxygen atoms in total. The van der Waals surface area contributed by atoms with Crippen LogP contribution in [-0.2, 0) is 12.7 Å². The molecule has 0 radical (unpaired) electrons. The van der Waals surface area contributed by atoms with Crippen LogP contribution in [0.15, 0.2) is 30.6 Å². The van der Waals surface area contributed by atoms with Gasteiger partial charge in [0, 0.05) is 6.20 Å². The Labute approximate surface area is 109 Å². The van der Waals surface area contributed by atoms with Crippen LogP contribution < -0.4 is 0 Å². The number of Topliss-reactive ketones (excluding diaryl/α,β-unsaturated/α-hetero) is 1. The molecular weight excluding hydrogens is 283 g/mol. The molecule has 0 atom stereocenters. The van der Waals surface area contributed by atoms with E-state index in [-0.39, 0.29) is 0 Å². The van der Waals surface area contributed by atoms with Crippen LogP contribution in [0.3, 0.4) is 0 Å². The molecule has 1 heterocycles. The van der Waals surface area contributed by atoms with E-state index in [0.717, 1.165) is 18.2 Å². The lowest BCUT2D eigenvalue weighted by Gasteiger charge is -2.04. The van der Waals surface area contributed by atoms with E-state index >= 15 is 0 Å². The fourth-order valence-corrected chi connectivity index (χ4v) is 1.59. The van der Waals surface area contributed by atoms with Gasteiger partial charge in [0.15, 0.2) is 5.78 Å². The van der Waals surface area contributed by atoms with E-state index in [1.807, 2.05) is 0 Å². The molecule has 0 aliphatic rings. The third-order valence-corrected chi connectivity index (χ3v) is 2.51. The SMILES string of the molecule is O=C(Cn1cc(C(F)(F)F)cn1)c1c(F)cccc1F. The lowest BCUT2D eigenvalue weighted by Crippen LogP contribution is -2.14.